The van der Waals surface area contributed by atoms with Crippen LogP contribution in [0.5, 0.6) is 0 Å². The molecule has 0 aliphatic rings. The molecule has 0 saturated heterocycles. The van der Waals surface area contributed by atoms with Crippen LogP contribution in [0, 0.1) is 20.8 Å². The fourth-order valence-electron chi connectivity index (χ4n) is 1.87. The first-order chi connectivity index (χ1) is 8.10. The van der Waals surface area contributed by atoms with Gasteiger partial charge in [-0.25, -0.2) is 0 Å². The van der Waals surface area contributed by atoms with Crippen molar-refractivity contribution in [1.29, 1.82) is 0 Å². The number of hydrogen-bond donors (Lipinski definition) is 2. The summed E-state index contributed by atoms with van der Waals surface area (Å²) in [4.78, 5) is 0. The second-order valence-electron chi connectivity index (χ2n) is 4.10. The third-order valence-electron chi connectivity index (χ3n) is 2.55. The van der Waals surface area contributed by atoms with Crippen molar-refractivity contribution in [2.75, 3.05) is 5.32 Å². The van der Waals surface area contributed by atoms with Gasteiger partial charge in [-0.2, -0.15) is 0 Å². The van der Waals surface area contributed by atoms with Crippen molar-refractivity contribution in [3.05, 3.63) is 34.7 Å². The van der Waals surface area contributed by atoms with Crippen LogP contribution in [0.3, 0.4) is 0 Å². The summed E-state index contributed by atoms with van der Waals surface area (Å²) in [5.74, 6) is 0.426. The lowest BCUT2D eigenvalue weighted by molar-refractivity contribution is 0.511. The molecule has 0 aliphatic carbocycles. The van der Waals surface area contributed by atoms with Gasteiger partial charge in [0.2, 0.25) is 5.89 Å². The van der Waals surface area contributed by atoms with Crippen LogP contribution in [-0.4, -0.2) is 10.2 Å². The molecule has 0 unspecified atom stereocenters. The standard InChI is InChI=1S/C12H16N4O/c1-7-4-8(2)11(9(3)5-7)14-12-16-15-10(6-13)17-12/h4-5H,6,13H2,1-3H3,(H,14,16). The van der Waals surface area contributed by atoms with Crippen LogP contribution in [0.25, 0.3) is 0 Å². The van der Waals surface area contributed by atoms with E-state index in [9.17, 15) is 0 Å². The fourth-order valence-corrected chi connectivity index (χ4v) is 1.87. The molecule has 17 heavy (non-hydrogen) atoms. The number of anilines is 2. The third kappa shape index (κ3) is 2.45. The van der Waals surface area contributed by atoms with Gasteiger partial charge in [0.15, 0.2) is 0 Å². The van der Waals surface area contributed by atoms with E-state index in [0.717, 1.165) is 16.8 Å². The first-order valence-corrected chi connectivity index (χ1v) is 5.47. The maximum absolute atomic E-state index is 5.41. The molecule has 0 aliphatic heterocycles. The van der Waals surface area contributed by atoms with Crippen molar-refractivity contribution in [3.63, 3.8) is 0 Å². The average Bonchev–Trinajstić information content (AvgIpc) is 2.71. The van der Waals surface area contributed by atoms with Crippen molar-refractivity contribution < 1.29 is 4.42 Å². The number of rotatable bonds is 3. The molecule has 5 heteroatoms. The highest BCUT2D eigenvalue weighted by molar-refractivity contribution is 5.62. The lowest BCUT2D eigenvalue weighted by Gasteiger charge is -2.10. The quantitative estimate of drug-likeness (QED) is 0.848. The third-order valence-corrected chi connectivity index (χ3v) is 2.55. The van der Waals surface area contributed by atoms with Crippen molar-refractivity contribution >= 4 is 11.7 Å². The molecule has 0 amide bonds. The second kappa shape index (κ2) is 4.55. The average molecular weight is 232 g/mol. The van der Waals surface area contributed by atoms with Crippen LogP contribution < -0.4 is 11.1 Å². The molecule has 1 aromatic carbocycles. The summed E-state index contributed by atoms with van der Waals surface area (Å²) in [6.07, 6.45) is 0. The van der Waals surface area contributed by atoms with Gasteiger partial charge in [0, 0.05) is 5.69 Å². The number of nitrogens with one attached hydrogen (secondary N) is 1. The smallest absolute Gasteiger partial charge is 0.320 e. The number of nitrogens with zero attached hydrogens (tertiary/aromatic N) is 2. The first kappa shape index (κ1) is 11.6. The number of hydrogen-bond acceptors (Lipinski definition) is 5. The molecule has 0 fully saturated rings. The van der Waals surface area contributed by atoms with Gasteiger partial charge in [-0.3, -0.25) is 0 Å². The molecule has 2 aromatic rings. The first-order valence-electron chi connectivity index (χ1n) is 5.47. The van der Waals surface area contributed by atoms with Gasteiger partial charge in [-0.15, -0.1) is 5.10 Å². The van der Waals surface area contributed by atoms with Gasteiger partial charge in [0.05, 0.1) is 6.54 Å². The minimum Gasteiger partial charge on any atom is -0.406 e. The maximum Gasteiger partial charge on any atom is 0.320 e. The van der Waals surface area contributed by atoms with Crippen LogP contribution in [0.15, 0.2) is 16.5 Å². The Morgan fingerprint density at radius 1 is 1.18 bits per heavy atom. The number of aromatic nitrogens is 2. The Labute approximate surface area is 100 Å². The highest BCUT2D eigenvalue weighted by Gasteiger charge is 2.08. The molecule has 0 radical (unpaired) electrons. The van der Waals surface area contributed by atoms with E-state index >= 15 is 0 Å². The van der Waals surface area contributed by atoms with E-state index in [0.29, 0.717) is 11.9 Å². The van der Waals surface area contributed by atoms with Crippen molar-refractivity contribution in [1.82, 2.24) is 10.2 Å². The SMILES string of the molecule is Cc1cc(C)c(Nc2nnc(CN)o2)c(C)c1. The van der Waals surface area contributed by atoms with E-state index in [4.69, 9.17) is 10.2 Å². The van der Waals surface area contributed by atoms with Gasteiger partial charge in [0.25, 0.3) is 0 Å². The Kier molecular flexibility index (Phi) is 3.10. The van der Waals surface area contributed by atoms with Crippen LogP contribution in [-0.2, 0) is 6.54 Å². The van der Waals surface area contributed by atoms with E-state index in [2.05, 4.69) is 34.6 Å². The predicted octanol–water partition coefficient (Wildman–Crippen LogP) is 2.20. The van der Waals surface area contributed by atoms with E-state index in [-0.39, 0.29) is 6.54 Å². The molecule has 0 atom stereocenters. The summed E-state index contributed by atoms with van der Waals surface area (Å²) in [5.41, 5.74) is 9.95. The van der Waals surface area contributed by atoms with Crippen molar-refractivity contribution in [2.45, 2.75) is 27.3 Å². The zero-order chi connectivity index (χ0) is 12.4. The molecule has 2 rings (SSSR count). The maximum atomic E-state index is 5.41. The van der Waals surface area contributed by atoms with E-state index in [1.54, 1.807) is 0 Å². The Morgan fingerprint density at radius 2 is 1.82 bits per heavy atom. The minimum atomic E-state index is 0.251. The molecule has 0 spiro atoms. The molecule has 0 saturated carbocycles. The zero-order valence-corrected chi connectivity index (χ0v) is 10.2. The molecule has 5 nitrogen and oxygen atoms in total. The topological polar surface area (TPSA) is 77.0 Å². The highest BCUT2D eigenvalue weighted by Crippen LogP contribution is 2.25. The van der Waals surface area contributed by atoms with Gasteiger partial charge in [-0.05, 0) is 31.9 Å². The summed E-state index contributed by atoms with van der Waals surface area (Å²) in [7, 11) is 0. The second-order valence-corrected chi connectivity index (χ2v) is 4.10. The van der Waals surface area contributed by atoms with E-state index in [1.807, 2.05) is 13.8 Å². The number of benzene rings is 1. The Morgan fingerprint density at radius 3 is 2.35 bits per heavy atom. The van der Waals surface area contributed by atoms with Crippen LogP contribution in [0.4, 0.5) is 11.7 Å². The Balaban J connectivity index is 2.29. The molecule has 0 bridgehead atoms. The molecule has 90 valence electrons. The summed E-state index contributed by atoms with van der Waals surface area (Å²) in [6.45, 7) is 6.41. The lowest BCUT2D eigenvalue weighted by Crippen LogP contribution is -1.97. The monoisotopic (exact) mass is 232 g/mol. The van der Waals surface area contributed by atoms with Crippen LogP contribution in [0.2, 0.25) is 0 Å². The minimum absolute atomic E-state index is 0.251. The Bertz CT molecular complexity index is 510. The summed E-state index contributed by atoms with van der Waals surface area (Å²) < 4.78 is 5.32. The highest BCUT2D eigenvalue weighted by atomic mass is 16.4. The van der Waals surface area contributed by atoms with Crippen molar-refractivity contribution in [2.24, 2.45) is 5.73 Å². The molecule has 3 N–H and O–H groups in total. The van der Waals surface area contributed by atoms with Gasteiger partial charge >= 0.3 is 6.01 Å². The van der Waals surface area contributed by atoms with Crippen molar-refractivity contribution in [3.8, 4) is 0 Å². The van der Waals surface area contributed by atoms with Gasteiger partial charge < -0.3 is 15.5 Å². The molecular formula is C12H16N4O. The lowest BCUT2D eigenvalue weighted by atomic mass is 10.1. The Hall–Kier alpha value is -1.88. The molecular weight excluding hydrogens is 216 g/mol. The zero-order valence-electron chi connectivity index (χ0n) is 10.2. The summed E-state index contributed by atoms with van der Waals surface area (Å²) in [5, 5.41) is 10.8. The van der Waals surface area contributed by atoms with Crippen LogP contribution in [0.1, 0.15) is 22.6 Å². The number of nitrogens with two attached hydrogens (primary N) is 1. The predicted molar refractivity (Wildman–Crippen MR) is 66.1 cm³/mol. The summed E-state index contributed by atoms with van der Waals surface area (Å²) >= 11 is 0. The molecule has 1 heterocycles. The fraction of sp³-hybridized carbons (Fsp3) is 0.333. The van der Waals surface area contributed by atoms with Crippen LogP contribution >= 0.6 is 0 Å². The largest absolute Gasteiger partial charge is 0.406 e. The van der Waals surface area contributed by atoms with E-state index in [1.165, 1.54) is 5.56 Å². The summed E-state index contributed by atoms with van der Waals surface area (Å²) in [6, 6.07) is 4.59. The number of aryl methyl sites for hydroxylation is 3. The van der Waals surface area contributed by atoms with Gasteiger partial charge in [-0.1, -0.05) is 22.8 Å². The van der Waals surface area contributed by atoms with Gasteiger partial charge in [0.1, 0.15) is 0 Å². The normalized spacial score (nSPS) is 10.6. The van der Waals surface area contributed by atoms with E-state index < -0.39 is 0 Å². The molecule has 1 aromatic heterocycles.